The van der Waals surface area contributed by atoms with Crippen LogP contribution in [0.1, 0.15) is 67.3 Å². The van der Waals surface area contributed by atoms with E-state index in [1.165, 1.54) is 6.92 Å². The van der Waals surface area contributed by atoms with Gasteiger partial charge in [-0.05, 0) is 33.6 Å². The quantitative estimate of drug-likeness (QED) is 0.823. The van der Waals surface area contributed by atoms with Gasteiger partial charge in [0.05, 0.1) is 22.5 Å². The average Bonchev–Trinajstić information content (AvgIpc) is 3.24. The van der Waals surface area contributed by atoms with Crippen LogP contribution >= 0.6 is 11.6 Å². The number of carbonyl (C=O) groups excluding carboxylic acids is 1. The van der Waals surface area contributed by atoms with Crippen molar-refractivity contribution in [2.75, 3.05) is 0 Å². The fourth-order valence-corrected chi connectivity index (χ4v) is 3.58. The lowest BCUT2D eigenvalue weighted by Crippen LogP contribution is -2.34. The normalized spacial score (nSPS) is 17.0. The van der Waals surface area contributed by atoms with Crippen molar-refractivity contribution in [3.8, 4) is 0 Å². The fraction of sp³-hybridized carbons (Fsp3) is 0.588. The zero-order chi connectivity index (χ0) is 20.1. The highest BCUT2D eigenvalue weighted by atomic mass is 35.5. The van der Waals surface area contributed by atoms with Gasteiger partial charge in [-0.2, -0.15) is 23.4 Å². The van der Waals surface area contributed by atoms with E-state index in [0.29, 0.717) is 0 Å². The Balaban J connectivity index is 1.85. The lowest BCUT2D eigenvalue weighted by molar-refractivity contribution is -0.141. The Kier molecular flexibility index (Phi) is 5.00. The molecule has 1 fully saturated rings. The predicted octanol–water partition coefficient (Wildman–Crippen LogP) is 3.91. The number of amides is 1. The van der Waals surface area contributed by atoms with Crippen LogP contribution in [0.15, 0.2) is 6.20 Å². The number of nitrogens with one attached hydrogen (secondary N) is 1. The molecule has 0 radical (unpaired) electrons. The van der Waals surface area contributed by atoms with E-state index in [0.717, 1.165) is 28.8 Å². The molecule has 0 aliphatic heterocycles. The molecule has 1 N–H and O–H groups in total. The third-order valence-electron chi connectivity index (χ3n) is 4.74. The van der Waals surface area contributed by atoms with Crippen LogP contribution < -0.4 is 5.32 Å². The van der Waals surface area contributed by atoms with Crippen molar-refractivity contribution in [3.63, 3.8) is 0 Å². The second-order valence-electron chi connectivity index (χ2n) is 7.01. The van der Waals surface area contributed by atoms with Gasteiger partial charge < -0.3 is 5.32 Å². The second kappa shape index (κ2) is 6.85. The molecule has 1 aliphatic carbocycles. The van der Waals surface area contributed by atoms with Crippen LogP contribution in [0.2, 0.25) is 5.02 Å². The van der Waals surface area contributed by atoms with E-state index in [4.69, 9.17) is 11.6 Å². The molecule has 148 valence electrons. The molecular formula is C17H21ClF3N5O. The summed E-state index contributed by atoms with van der Waals surface area (Å²) >= 11 is 5.98. The van der Waals surface area contributed by atoms with Gasteiger partial charge >= 0.3 is 6.18 Å². The maximum Gasteiger partial charge on any atom is 0.436 e. The summed E-state index contributed by atoms with van der Waals surface area (Å²) < 4.78 is 42.4. The first-order valence-electron chi connectivity index (χ1n) is 8.66. The zero-order valence-electron chi connectivity index (χ0n) is 15.4. The van der Waals surface area contributed by atoms with E-state index in [9.17, 15) is 18.0 Å². The summed E-state index contributed by atoms with van der Waals surface area (Å²) in [5.74, 6) is -0.519. The first-order chi connectivity index (χ1) is 12.5. The van der Waals surface area contributed by atoms with Crippen molar-refractivity contribution >= 4 is 17.5 Å². The van der Waals surface area contributed by atoms with Crippen molar-refractivity contribution in [1.29, 1.82) is 0 Å². The van der Waals surface area contributed by atoms with Crippen LogP contribution in [0.3, 0.4) is 0 Å². The minimum Gasteiger partial charge on any atom is -0.348 e. The van der Waals surface area contributed by atoms with Crippen molar-refractivity contribution in [2.45, 2.75) is 57.8 Å². The first-order valence-corrected chi connectivity index (χ1v) is 9.04. The molecule has 0 unspecified atom stereocenters. The van der Waals surface area contributed by atoms with E-state index in [2.05, 4.69) is 15.5 Å². The van der Waals surface area contributed by atoms with Crippen LogP contribution in [0.5, 0.6) is 0 Å². The van der Waals surface area contributed by atoms with Crippen molar-refractivity contribution in [1.82, 2.24) is 24.9 Å². The Morgan fingerprint density at radius 1 is 1.33 bits per heavy atom. The van der Waals surface area contributed by atoms with Crippen molar-refractivity contribution < 1.29 is 18.0 Å². The van der Waals surface area contributed by atoms with Gasteiger partial charge in [0.1, 0.15) is 6.04 Å². The zero-order valence-corrected chi connectivity index (χ0v) is 16.2. The summed E-state index contributed by atoms with van der Waals surface area (Å²) in [6.45, 7) is 5.15. The topological polar surface area (TPSA) is 64.7 Å². The molecule has 2 atom stereocenters. The van der Waals surface area contributed by atoms with Gasteiger partial charge in [-0.3, -0.25) is 14.2 Å². The predicted molar refractivity (Wildman–Crippen MR) is 93.4 cm³/mol. The van der Waals surface area contributed by atoms with E-state index in [1.54, 1.807) is 24.9 Å². The van der Waals surface area contributed by atoms with Gasteiger partial charge in [0.25, 0.3) is 0 Å². The highest BCUT2D eigenvalue weighted by molar-refractivity contribution is 6.32. The maximum atomic E-state index is 13.2. The van der Waals surface area contributed by atoms with Gasteiger partial charge in [0, 0.05) is 24.7 Å². The monoisotopic (exact) mass is 403 g/mol. The van der Waals surface area contributed by atoms with Gasteiger partial charge in [-0.25, -0.2) is 0 Å². The minimum atomic E-state index is -4.66. The molecule has 1 amide bonds. The molecule has 1 saturated carbocycles. The molecule has 0 bridgehead atoms. The van der Waals surface area contributed by atoms with E-state index in [1.807, 2.05) is 6.92 Å². The molecule has 10 heteroatoms. The molecule has 3 rings (SSSR count). The Bertz CT molecular complexity index is 869. The summed E-state index contributed by atoms with van der Waals surface area (Å²) in [5, 5.41) is 10.3. The van der Waals surface area contributed by atoms with Gasteiger partial charge in [0.15, 0.2) is 5.69 Å². The minimum absolute atomic E-state index is 0.0886. The Morgan fingerprint density at radius 2 is 1.96 bits per heavy atom. The highest BCUT2D eigenvalue weighted by Crippen LogP contribution is 2.47. The van der Waals surface area contributed by atoms with Gasteiger partial charge in [-0.15, -0.1) is 0 Å². The Labute approximate surface area is 159 Å². The second-order valence-corrected chi connectivity index (χ2v) is 7.39. The molecular weight excluding hydrogens is 383 g/mol. The summed E-state index contributed by atoms with van der Waals surface area (Å²) in [6, 6.07) is -1.26. The number of alkyl halides is 3. The SMILES string of the molecule is Cc1nn(C)cc1[C@H](C)NC(=O)[C@@H](C)n1nc(C(F)(F)F)c(Cl)c1C1CC1. The molecule has 0 aromatic carbocycles. The average molecular weight is 404 g/mol. The fourth-order valence-electron chi connectivity index (χ4n) is 3.19. The summed E-state index contributed by atoms with van der Waals surface area (Å²) in [5.41, 5.74) is 0.770. The van der Waals surface area contributed by atoms with Crippen LogP contribution in [0.25, 0.3) is 0 Å². The number of aromatic nitrogens is 4. The number of nitrogens with zero attached hydrogens (tertiary/aromatic N) is 4. The number of carbonyl (C=O) groups is 1. The molecule has 1 aliphatic rings. The number of hydrogen-bond donors (Lipinski definition) is 1. The number of halogens is 4. The molecule has 2 heterocycles. The maximum absolute atomic E-state index is 13.2. The van der Waals surface area contributed by atoms with E-state index < -0.39 is 28.8 Å². The summed E-state index contributed by atoms with van der Waals surface area (Å²) in [4.78, 5) is 12.7. The molecule has 2 aromatic rings. The molecule has 6 nitrogen and oxygen atoms in total. The molecule has 27 heavy (non-hydrogen) atoms. The lowest BCUT2D eigenvalue weighted by atomic mass is 10.1. The summed E-state index contributed by atoms with van der Waals surface area (Å²) in [6.07, 6.45) is -1.39. The Morgan fingerprint density at radius 3 is 2.44 bits per heavy atom. The molecule has 0 saturated heterocycles. The van der Waals surface area contributed by atoms with E-state index >= 15 is 0 Å². The number of rotatable bonds is 5. The van der Waals surface area contributed by atoms with Crippen LogP contribution in [-0.4, -0.2) is 25.5 Å². The van der Waals surface area contributed by atoms with Crippen molar-refractivity contribution in [3.05, 3.63) is 33.9 Å². The highest BCUT2D eigenvalue weighted by Gasteiger charge is 2.43. The van der Waals surface area contributed by atoms with Crippen molar-refractivity contribution in [2.24, 2.45) is 7.05 Å². The van der Waals surface area contributed by atoms with E-state index in [-0.39, 0.29) is 17.7 Å². The van der Waals surface area contributed by atoms with Gasteiger partial charge in [-0.1, -0.05) is 11.6 Å². The van der Waals surface area contributed by atoms with Gasteiger partial charge in [0.2, 0.25) is 5.91 Å². The van der Waals surface area contributed by atoms with Crippen LogP contribution in [-0.2, 0) is 18.0 Å². The third-order valence-corrected chi connectivity index (χ3v) is 5.12. The first kappa shape index (κ1) is 19.7. The smallest absolute Gasteiger partial charge is 0.348 e. The number of aryl methyl sites for hydroxylation is 2. The summed E-state index contributed by atoms with van der Waals surface area (Å²) in [7, 11) is 1.78. The lowest BCUT2D eigenvalue weighted by Gasteiger charge is -2.19. The van der Waals surface area contributed by atoms with Crippen LogP contribution in [0.4, 0.5) is 13.2 Å². The molecule has 2 aromatic heterocycles. The van der Waals surface area contributed by atoms with Crippen LogP contribution in [0, 0.1) is 6.92 Å². The molecule has 0 spiro atoms. The largest absolute Gasteiger partial charge is 0.436 e. The Hall–Kier alpha value is -2.03. The number of hydrogen-bond acceptors (Lipinski definition) is 3. The third kappa shape index (κ3) is 3.83. The standard InChI is InChI=1S/C17H21ClF3N5O/c1-8(12-7-25(4)23-9(12)2)22-16(27)10(3)26-14(11-5-6-11)13(18)15(24-26)17(19,20)21/h7-8,10-11H,5-6H2,1-4H3,(H,22,27)/t8-,10+/m0/s1.